The summed E-state index contributed by atoms with van der Waals surface area (Å²) in [7, 11) is 0. The topological polar surface area (TPSA) is 51.0 Å². The highest BCUT2D eigenvalue weighted by atomic mass is 16.5. The Labute approximate surface area is 124 Å². The van der Waals surface area contributed by atoms with Crippen LogP contribution in [-0.2, 0) is 5.41 Å². The fourth-order valence-electron chi connectivity index (χ4n) is 3.84. The maximum Gasteiger partial charge on any atom is 0.243 e. The average Bonchev–Trinajstić information content (AvgIpc) is 3.28. The van der Waals surface area contributed by atoms with Crippen LogP contribution in [0.4, 0.5) is 0 Å². The summed E-state index contributed by atoms with van der Waals surface area (Å²) in [6.07, 6.45) is 7.00. The third kappa shape index (κ3) is 2.18. The van der Waals surface area contributed by atoms with Crippen LogP contribution in [0, 0.1) is 0 Å². The van der Waals surface area contributed by atoms with E-state index in [9.17, 15) is 0 Å². The zero-order valence-corrected chi connectivity index (χ0v) is 12.2. The standard InChI is InChI=1S/C17H21N3O/c1-2-7-13(8-3-1)17(10-4-5-11-17)16-19-15(21-20-16)14-9-6-12-18-14/h1-3,7-8,14,18H,4-6,9-12H2. The number of nitrogens with one attached hydrogen (secondary N) is 1. The monoisotopic (exact) mass is 283 g/mol. The first-order valence-corrected chi connectivity index (χ1v) is 8.01. The van der Waals surface area contributed by atoms with E-state index in [4.69, 9.17) is 9.51 Å². The average molecular weight is 283 g/mol. The minimum Gasteiger partial charge on any atom is -0.338 e. The first kappa shape index (κ1) is 13.0. The molecule has 110 valence electrons. The van der Waals surface area contributed by atoms with Crippen LogP contribution in [0.15, 0.2) is 34.9 Å². The Balaban J connectivity index is 1.71. The van der Waals surface area contributed by atoms with Gasteiger partial charge in [-0.1, -0.05) is 48.3 Å². The van der Waals surface area contributed by atoms with Crippen LogP contribution in [0.1, 0.15) is 61.8 Å². The number of nitrogens with zero attached hydrogens (tertiary/aromatic N) is 2. The van der Waals surface area contributed by atoms with Gasteiger partial charge in [0.25, 0.3) is 0 Å². The molecule has 2 aliphatic rings. The normalized spacial score (nSPS) is 24.5. The molecule has 4 heteroatoms. The van der Waals surface area contributed by atoms with Crippen molar-refractivity contribution < 1.29 is 4.52 Å². The lowest BCUT2D eigenvalue weighted by molar-refractivity contribution is 0.333. The van der Waals surface area contributed by atoms with Crippen LogP contribution in [0.25, 0.3) is 0 Å². The van der Waals surface area contributed by atoms with Crippen molar-refractivity contribution in [2.45, 2.75) is 50.0 Å². The molecule has 1 aromatic carbocycles. The fraction of sp³-hybridized carbons (Fsp3) is 0.529. The number of hydrogen-bond acceptors (Lipinski definition) is 4. The lowest BCUT2D eigenvalue weighted by Crippen LogP contribution is -2.25. The van der Waals surface area contributed by atoms with Gasteiger partial charge in [-0.15, -0.1) is 0 Å². The van der Waals surface area contributed by atoms with E-state index in [1.807, 2.05) is 0 Å². The summed E-state index contributed by atoms with van der Waals surface area (Å²) in [6.45, 7) is 1.05. The Bertz CT molecular complexity index is 596. The van der Waals surface area contributed by atoms with Crippen molar-refractivity contribution in [1.29, 1.82) is 0 Å². The van der Waals surface area contributed by atoms with Gasteiger partial charge in [0.2, 0.25) is 5.89 Å². The van der Waals surface area contributed by atoms with Crippen LogP contribution in [0.2, 0.25) is 0 Å². The highest BCUT2D eigenvalue weighted by Crippen LogP contribution is 2.45. The van der Waals surface area contributed by atoms with E-state index in [2.05, 4.69) is 40.8 Å². The van der Waals surface area contributed by atoms with E-state index in [1.54, 1.807) is 0 Å². The molecular formula is C17H21N3O. The molecule has 2 heterocycles. The van der Waals surface area contributed by atoms with Gasteiger partial charge >= 0.3 is 0 Å². The molecule has 1 aromatic heterocycles. The minimum absolute atomic E-state index is 0.0401. The van der Waals surface area contributed by atoms with Gasteiger partial charge in [-0.2, -0.15) is 4.98 Å². The summed E-state index contributed by atoms with van der Waals surface area (Å²) >= 11 is 0. The Morgan fingerprint density at radius 2 is 1.90 bits per heavy atom. The van der Waals surface area contributed by atoms with Gasteiger partial charge in [-0.25, -0.2) is 0 Å². The van der Waals surface area contributed by atoms with Crippen molar-refractivity contribution in [3.05, 3.63) is 47.6 Å². The van der Waals surface area contributed by atoms with E-state index >= 15 is 0 Å². The molecule has 0 spiro atoms. The first-order chi connectivity index (χ1) is 10.4. The summed E-state index contributed by atoms with van der Waals surface area (Å²) in [5.74, 6) is 1.65. The summed E-state index contributed by atoms with van der Waals surface area (Å²) in [6, 6.07) is 10.9. The summed E-state index contributed by atoms with van der Waals surface area (Å²) in [5, 5.41) is 7.80. The number of hydrogen-bond donors (Lipinski definition) is 1. The molecule has 21 heavy (non-hydrogen) atoms. The van der Waals surface area contributed by atoms with Crippen molar-refractivity contribution in [3.8, 4) is 0 Å². The number of aromatic nitrogens is 2. The van der Waals surface area contributed by atoms with Crippen LogP contribution < -0.4 is 5.32 Å². The molecule has 4 rings (SSSR count). The zero-order chi connectivity index (χ0) is 14.1. The molecule has 2 fully saturated rings. The van der Waals surface area contributed by atoms with Gasteiger partial charge in [-0.3, -0.25) is 0 Å². The van der Waals surface area contributed by atoms with Crippen LogP contribution in [-0.4, -0.2) is 16.7 Å². The molecule has 2 aromatic rings. The summed E-state index contributed by atoms with van der Waals surface area (Å²) < 4.78 is 5.58. The quantitative estimate of drug-likeness (QED) is 0.938. The van der Waals surface area contributed by atoms with Crippen molar-refractivity contribution >= 4 is 0 Å². The van der Waals surface area contributed by atoms with Crippen molar-refractivity contribution in [3.63, 3.8) is 0 Å². The van der Waals surface area contributed by atoms with E-state index in [0.29, 0.717) is 0 Å². The van der Waals surface area contributed by atoms with Gasteiger partial charge in [0.05, 0.1) is 11.5 Å². The van der Waals surface area contributed by atoms with Gasteiger partial charge < -0.3 is 9.84 Å². The summed E-state index contributed by atoms with van der Waals surface area (Å²) in [4.78, 5) is 4.78. The Kier molecular flexibility index (Phi) is 3.26. The molecule has 1 saturated carbocycles. The van der Waals surface area contributed by atoms with E-state index in [0.717, 1.165) is 37.5 Å². The number of rotatable bonds is 3. The predicted molar refractivity (Wildman–Crippen MR) is 80.0 cm³/mol. The van der Waals surface area contributed by atoms with Gasteiger partial charge in [-0.05, 0) is 37.8 Å². The highest BCUT2D eigenvalue weighted by molar-refractivity contribution is 5.33. The van der Waals surface area contributed by atoms with Crippen LogP contribution in [0.5, 0.6) is 0 Å². The Morgan fingerprint density at radius 1 is 1.10 bits per heavy atom. The second-order valence-electron chi connectivity index (χ2n) is 6.26. The molecule has 0 bridgehead atoms. The van der Waals surface area contributed by atoms with E-state index < -0.39 is 0 Å². The Morgan fingerprint density at radius 3 is 2.62 bits per heavy atom. The Hall–Kier alpha value is -1.68. The van der Waals surface area contributed by atoms with Crippen molar-refractivity contribution in [2.75, 3.05) is 6.54 Å². The lowest BCUT2D eigenvalue weighted by Gasteiger charge is -2.25. The van der Waals surface area contributed by atoms with Gasteiger partial charge in [0.1, 0.15) is 0 Å². The van der Waals surface area contributed by atoms with Crippen LogP contribution in [0.3, 0.4) is 0 Å². The molecule has 0 radical (unpaired) electrons. The molecule has 4 nitrogen and oxygen atoms in total. The zero-order valence-electron chi connectivity index (χ0n) is 12.2. The molecule has 1 unspecified atom stereocenters. The molecule has 1 aliphatic heterocycles. The molecule has 1 atom stereocenters. The maximum absolute atomic E-state index is 5.58. The van der Waals surface area contributed by atoms with Gasteiger partial charge in [0.15, 0.2) is 5.82 Å². The van der Waals surface area contributed by atoms with Crippen LogP contribution >= 0.6 is 0 Å². The second-order valence-corrected chi connectivity index (χ2v) is 6.26. The SMILES string of the molecule is c1ccc(C2(c3noc(C4CCCN4)n3)CCCC2)cc1. The lowest BCUT2D eigenvalue weighted by atomic mass is 9.78. The molecule has 1 aliphatic carbocycles. The number of benzene rings is 1. The summed E-state index contributed by atoms with van der Waals surface area (Å²) in [5.41, 5.74) is 1.29. The largest absolute Gasteiger partial charge is 0.338 e. The highest BCUT2D eigenvalue weighted by Gasteiger charge is 2.42. The van der Waals surface area contributed by atoms with Crippen molar-refractivity contribution in [2.24, 2.45) is 0 Å². The predicted octanol–water partition coefficient (Wildman–Crippen LogP) is 3.35. The molecule has 1 saturated heterocycles. The smallest absolute Gasteiger partial charge is 0.243 e. The molecular weight excluding hydrogens is 262 g/mol. The maximum atomic E-state index is 5.58. The van der Waals surface area contributed by atoms with Crippen molar-refractivity contribution in [1.82, 2.24) is 15.5 Å². The third-order valence-corrected chi connectivity index (χ3v) is 5.01. The second kappa shape index (κ2) is 5.26. The minimum atomic E-state index is -0.0401. The van der Waals surface area contributed by atoms with E-state index in [-0.39, 0.29) is 11.5 Å². The van der Waals surface area contributed by atoms with Gasteiger partial charge in [0, 0.05) is 0 Å². The molecule has 1 N–H and O–H groups in total. The molecule has 0 amide bonds. The fourth-order valence-corrected chi connectivity index (χ4v) is 3.84. The first-order valence-electron chi connectivity index (χ1n) is 8.01. The third-order valence-electron chi connectivity index (χ3n) is 5.01. The van der Waals surface area contributed by atoms with E-state index in [1.165, 1.54) is 24.8 Å².